The maximum atomic E-state index is 13.5. The van der Waals surface area contributed by atoms with Gasteiger partial charge in [0.15, 0.2) is 0 Å². The molecule has 1 saturated heterocycles. The number of ether oxygens (including phenoxy) is 2. The van der Waals surface area contributed by atoms with Crippen LogP contribution in [0.1, 0.15) is 33.9 Å². The van der Waals surface area contributed by atoms with Gasteiger partial charge >= 0.3 is 0 Å². The van der Waals surface area contributed by atoms with E-state index in [-0.39, 0.29) is 11.3 Å². The second kappa shape index (κ2) is 12.9. The minimum Gasteiger partial charge on any atom is -0.507 e. The number of anilines is 1. The van der Waals surface area contributed by atoms with Crippen molar-refractivity contribution in [2.24, 2.45) is 0 Å². The average molecular weight is 577 g/mol. The number of rotatable bonds is 10. The van der Waals surface area contributed by atoms with Gasteiger partial charge in [-0.25, -0.2) is 0 Å². The zero-order chi connectivity index (χ0) is 30.5. The quantitative estimate of drug-likeness (QED) is 0.135. The predicted molar refractivity (Wildman–Crippen MR) is 168 cm³/mol. The highest BCUT2D eigenvalue weighted by Crippen LogP contribution is 2.40. The van der Waals surface area contributed by atoms with Gasteiger partial charge in [-0.15, -0.1) is 0 Å². The minimum absolute atomic E-state index is 0.0784. The number of likely N-dealkylation sites (tertiary alicyclic amines) is 1. The van der Waals surface area contributed by atoms with Gasteiger partial charge in [0.05, 0.1) is 18.7 Å². The fourth-order valence-electron chi connectivity index (χ4n) is 5.30. The molecular formula is C36H36N2O5. The number of carbonyl (C=O) groups is 2. The van der Waals surface area contributed by atoms with Crippen LogP contribution in [0.3, 0.4) is 0 Å². The molecule has 1 aliphatic rings. The number of aliphatic hydroxyl groups is 1. The van der Waals surface area contributed by atoms with Gasteiger partial charge in [0.1, 0.15) is 23.9 Å². The Bertz CT molecular complexity index is 1630. The molecule has 0 aliphatic carbocycles. The van der Waals surface area contributed by atoms with Gasteiger partial charge in [-0.2, -0.15) is 0 Å². The summed E-state index contributed by atoms with van der Waals surface area (Å²) in [6.07, 6.45) is 0.538. The Kier molecular flexibility index (Phi) is 8.81. The van der Waals surface area contributed by atoms with Crippen molar-refractivity contribution in [2.45, 2.75) is 26.0 Å². The van der Waals surface area contributed by atoms with Crippen LogP contribution in [0.25, 0.3) is 5.76 Å². The number of aliphatic hydroxyl groups excluding tert-OH is 1. The first-order valence-corrected chi connectivity index (χ1v) is 14.2. The van der Waals surface area contributed by atoms with Crippen LogP contribution in [0.5, 0.6) is 11.5 Å². The third-order valence-electron chi connectivity index (χ3n) is 7.75. The van der Waals surface area contributed by atoms with Gasteiger partial charge in [-0.3, -0.25) is 9.59 Å². The lowest BCUT2D eigenvalue weighted by Crippen LogP contribution is -2.31. The molecule has 1 fully saturated rings. The fourth-order valence-corrected chi connectivity index (χ4v) is 5.30. The molecule has 4 aromatic carbocycles. The second-order valence-corrected chi connectivity index (χ2v) is 10.8. The van der Waals surface area contributed by atoms with Crippen LogP contribution in [-0.2, 0) is 22.6 Å². The Balaban J connectivity index is 1.48. The lowest BCUT2D eigenvalue weighted by Gasteiger charge is -2.26. The lowest BCUT2D eigenvalue weighted by atomic mass is 9.94. The molecule has 0 bridgehead atoms. The number of aryl methyl sites for hydroxylation is 1. The molecule has 0 saturated carbocycles. The third kappa shape index (κ3) is 6.41. The van der Waals surface area contributed by atoms with Crippen LogP contribution >= 0.6 is 0 Å². The van der Waals surface area contributed by atoms with Crippen molar-refractivity contribution in [3.05, 3.63) is 130 Å². The van der Waals surface area contributed by atoms with Gasteiger partial charge in [-0.05, 0) is 78.1 Å². The maximum absolute atomic E-state index is 13.5. The molecule has 7 nitrogen and oxygen atoms in total. The number of Topliss-reactive ketones (excluding diaryl/α,β-unsaturated/α-hetero) is 1. The van der Waals surface area contributed by atoms with E-state index in [1.807, 2.05) is 105 Å². The lowest BCUT2D eigenvalue weighted by molar-refractivity contribution is -0.139. The van der Waals surface area contributed by atoms with Crippen molar-refractivity contribution < 1.29 is 24.2 Å². The summed E-state index contributed by atoms with van der Waals surface area (Å²) in [7, 11) is 5.51. The SMILES string of the molecule is COc1ccc(CCN2C(=O)C(=O)/C(=C(\O)c3ccc(OCc4ccccc4)c(C)c3)C2c2ccc(N(C)C)cc2)cc1. The van der Waals surface area contributed by atoms with Crippen LogP contribution < -0.4 is 14.4 Å². The molecule has 1 unspecified atom stereocenters. The van der Waals surface area contributed by atoms with Crippen LogP contribution in [0.2, 0.25) is 0 Å². The molecule has 1 heterocycles. The third-order valence-corrected chi connectivity index (χ3v) is 7.75. The first-order chi connectivity index (χ1) is 20.8. The number of methoxy groups -OCH3 is 1. The number of hydrogen-bond donors (Lipinski definition) is 1. The van der Waals surface area contributed by atoms with Gasteiger partial charge in [0.25, 0.3) is 11.7 Å². The number of nitrogens with zero attached hydrogens (tertiary/aromatic N) is 2. The minimum atomic E-state index is -0.733. The van der Waals surface area contributed by atoms with E-state index in [0.29, 0.717) is 30.9 Å². The zero-order valence-corrected chi connectivity index (χ0v) is 24.9. The van der Waals surface area contributed by atoms with Crippen molar-refractivity contribution in [1.82, 2.24) is 4.90 Å². The summed E-state index contributed by atoms with van der Waals surface area (Å²) in [6, 6.07) is 29.8. The molecule has 1 N–H and O–H groups in total. The molecule has 1 amide bonds. The summed E-state index contributed by atoms with van der Waals surface area (Å²) in [5, 5.41) is 11.6. The van der Waals surface area contributed by atoms with Crippen molar-refractivity contribution in [2.75, 3.05) is 32.6 Å². The topological polar surface area (TPSA) is 79.3 Å². The first-order valence-electron chi connectivity index (χ1n) is 14.2. The Morgan fingerprint density at radius 1 is 0.884 bits per heavy atom. The second-order valence-electron chi connectivity index (χ2n) is 10.8. The first kappa shape index (κ1) is 29.5. The Hall–Kier alpha value is -5.04. The van der Waals surface area contributed by atoms with Gasteiger partial charge in [-0.1, -0.05) is 54.6 Å². The molecule has 4 aromatic rings. The zero-order valence-electron chi connectivity index (χ0n) is 24.9. The number of benzene rings is 4. The highest BCUT2D eigenvalue weighted by molar-refractivity contribution is 6.46. The molecule has 7 heteroatoms. The molecule has 0 spiro atoms. The smallest absolute Gasteiger partial charge is 0.295 e. The Morgan fingerprint density at radius 2 is 1.58 bits per heavy atom. The van der Waals surface area contributed by atoms with Crippen molar-refractivity contribution in [1.29, 1.82) is 0 Å². The Morgan fingerprint density at radius 3 is 2.21 bits per heavy atom. The average Bonchev–Trinajstić information content (AvgIpc) is 3.28. The molecule has 1 aliphatic heterocycles. The number of amides is 1. The summed E-state index contributed by atoms with van der Waals surface area (Å²) in [4.78, 5) is 30.5. The van der Waals surface area contributed by atoms with Crippen LogP contribution in [0, 0.1) is 6.92 Å². The fraction of sp³-hybridized carbons (Fsp3) is 0.222. The van der Waals surface area contributed by atoms with E-state index in [2.05, 4.69) is 0 Å². The largest absolute Gasteiger partial charge is 0.507 e. The number of carbonyl (C=O) groups excluding carboxylic acids is 2. The molecule has 0 radical (unpaired) electrons. The number of hydrogen-bond acceptors (Lipinski definition) is 6. The van der Waals surface area contributed by atoms with Gasteiger partial charge in [0.2, 0.25) is 0 Å². The van der Waals surface area contributed by atoms with E-state index in [4.69, 9.17) is 9.47 Å². The molecule has 1 atom stereocenters. The van der Waals surface area contributed by atoms with E-state index < -0.39 is 17.7 Å². The molecular weight excluding hydrogens is 540 g/mol. The van der Waals surface area contributed by atoms with Gasteiger partial charge < -0.3 is 24.4 Å². The van der Waals surface area contributed by atoms with Crippen molar-refractivity contribution in [3.8, 4) is 11.5 Å². The highest BCUT2D eigenvalue weighted by Gasteiger charge is 2.45. The Labute approximate surface area is 252 Å². The predicted octanol–water partition coefficient (Wildman–Crippen LogP) is 6.31. The standard InChI is InChI=1S/C36H36N2O5/c1-24-22-28(14-19-31(24)43-23-26-8-6-5-7-9-26)34(39)32-33(27-12-15-29(16-13-27)37(2)3)38(36(41)35(32)40)21-20-25-10-17-30(42-4)18-11-25/h5-19,22,33,39H,20-21,23H2,1-4H3/b34-32-. The molecule has 43 heavy (non-hydrogen) atoms. The highest BCUT2D eigenvalue weighted by atomic mass is 16.5. The summed E-state index contributed by atoms with van der Waals surface area (Å²) < 4.78 is 11.3. The van der Waals surface area contributed by atoms with Crippen molar-refractivity contribution >= 4 is 23.1 Å². The van der Waals surface area contributed by atoms with E-state index in [1.165, 1.54) is 0 Å². The maximum Gasteiger partial charge on any atom is 0.295 e. The molecule has 0 aromatic heterocycles. The van der Waals surface area contributed by atoms with E-state index >= 15 is 0 Å². The molecule has 5 rings (SSSR count). The van der Waals surface area contributed by atoms with Crippen LogP contribution in [-0.4, -0.2) is 49.4 Å². The number of ketones is 1. The van der Waals surface area contributed by atoms with Crippen LogP contribution in [0.4, 0.5) is 5.69 Å². The summed E-state index contributed by atoms with van der Waals surface area (Å²) in [5.74, 6) is -0.106. The molecule has 220 valence electrons. The van der Waals surface area contributed by atoms with E-state index in [9.17, 15) is 14.7 Å². The van der Waals surface area contributed by atoms with Crippen LogP contribution in [0.15, 0.2) is 103 Å². The monoisotopic (exact) mass is 576 g/mol. The van der Waals surface area contributed by atoms with Gasteiger partial charge in [0, 0.05) is 31.9 Å². The normalized spacial score (nSPS) is 15.9. The van der Waals surface area contributed by atoms with Crippen molar-refractivity contribution in [3.63, 3.8) is 0 Å². The van der Waals surface area contributed by atoms with E-state index in [1.54, 1.807) is 30.2 Å². The summed E-state index contributed by atoms with van der Waals surface area (Å²) in [5.41, 5.74) is 5.12. The summed E-state index contributed by atoms with van der Waals surface area (Å²) >= 11 is 0. The van der Waals surface area contributed by atoms with E-state index in [0.717, 1.165) is 33.7 Å². The summed E-state index contributed by atoms with van der Waals surface area (Å²) in [6.45, 7) is 2.61.